The monoisotopic (exact) mass is 371 g/mol. The third kappa shape index (κ3) is 4.95. The van der Waals surface area contributed by atoms with Gasteiger partial charge in [-0.05, 0) is 81.2 Å². The van der Waals surface area contributed by atoms with Crippen LogP contribution in [0.25, 0.3) is 0 Å². The molecule has 26 heavy (non-hydrogen) atoms. The summed E-state index contributed by atoms with van der Waals surface area (Å²) in [7, 11) is 0. The fraction of sp³-hybridized carbons (Fsp3) is 0.300. The molecule has 0 saturated carbocycles. The van der Waals surface area contributed by atoms with Crippen LogP contribution >= 0.6 is 12.2 Å². The minimum absolute atomic E-state index is 0.309. The minimum atomic E-state index is -0.661. The van der Waals surface area contributed by atoms with Crippen molar-refractivity contribution in [2.24, 2.45) is 0 Å². The van der Waals surface area contributed by atoms with Gasteiger partial charge in [-0.1, -0.05) is 24.3 Å². The molecule has 0 aliphatic carbocycles. The van der Waals surface area contributed by atoms with Gasteiger partial charge in [-0.15, -0.1) is 0 Å². The summed E-state index contributed by atoms with van der Waals surface area (Å²) in [6.45, 7) is 9.71. The van der Waals surface area contributed by atoms with Gasteiger partial charge in [-0.25, -0.2) is 0 Å². The van der Waals surface area contributed by atoms with E-state index in [9.17, 15) is 4.79 Å². The molecule has 2 aromatic carbocycles. The second-order valence-corrected chi connectivity index (χ2v) is 6.68. The van der Waals surface area contributed by atoms with E-state index in [1.807, 2.05) is 64.1 Å². The smallest absolute Gasteiger partial charge is 0.279 e. The van der Waals surface area contributed by atoms with Crippen molar-refractivity contribution in [1.29, 1.82) is 0 Å². The van der Waals surface area contributed by atoms with Crippen molar-refractivity contribution < 1.29 is 9.53 Å². The Morgan fingerprint density at radius 1 is 0.962 bits per heavy atom. The highest BCUT2D eigenvalue weighted by Gasteiger charge is 2.16. The first-order valence-corrected chi connectivity index (χ1v) is 8.86. The Kier molecular flexibility index (Phi) is 6.58. The van der Waals surface area contributed by atoms with E-state index >= 15 is 0 Å². The van der Waals surface area contributed by atoms with Gasteiger partial charge >= 0.3 is 0 Å². The molecule has 0 spiro atoms. The predicted molar refractivity (Wildman–Crippen MR) is 109 cm³/mol. The summed E-state index contributed by atoms with van der Waals surface area (Å²) in [5.74, 6) is 0.389. The number of anilines is 1. The number of rotatable bonds is 4. The quantitative estimate of drug-likeness (QED) is 0.565. The summed E-state index contributed by atoms with van der Waals surface area (Å²) in [5, 5.41) is 3.39. The number of benzene rings is 2. The summed E-state index contributed by atoms with van der Waals surface area (Å²) >= 11 is 5.23. The number of hydrazine groups is 1. The Bertz CT molecular complexity index is 821. The summed E-state index contributed by atoms with van der Waals surface area (Å²) in [4.78, 5) is 12.2. The molecular formula is C20H25N3O2S. The molecule has 1 atom stereocenters. The second-order valence-electron chi connectivity index (χ2n) is 6.27. The first-order valence-electron chi connectivity index (χ1n) is 8.45. The Morgan fingerprint density at radius 2 is 1.58 bits per heavy atom. The summed E-state index contributed by atoms with van der Waals surface area (Å²) < 4.78 is 5.76. The maximum Gasteiger partial charge on any atom is 0.279 e. The maximum absolute atomic E-state index is 12.2. The van der Waals surface area contributed by atoms with E-state index in [-0.39, 0.29) is 5.91 Å². The molecule has 0 saturated heterocycles. The van der Waals surface area contributed by atoms with E-state index in [4.69, 9.17) is 17.0 Å². The van der Waals surface area contributed by atoms with Crippen LogP contribution in [0.1, 0.15) is 29.2 Å². The number of thiocarbonyl (C=S) groups is 1. The molecule has 0 unspecified atom stereocenters. The molecule has 3 N–H and O–H groups in total. The Labute approximate surface area is 160 Å². The molecule has 0 radical (unpaired) electrons. The van der Waals surface area contributed by atoms with Crippen LogP contribution in [-0.4, -0.2) is 17.1 Å². The number of carbonyl (C=O) groups excluding carboxylic acids is 1. The molecule has 0 aromatic heterocycles. The van der Waals surface area contributed by atoms with Gasteiger partial charge in [0.2, 0.25) is 0 Å². The van der Waals surface area contributed by atoms with Crippen LogP contribution in [0.3, 0.4) is 0 Å². The van der Waals surface area contributed by atoms with Gasteiger partial charge in [0.15, 0.2) is 11.2 Å². The zero-order chi connectivity index (χ0) is 19.3. The van der Waals surface area contributed by atoms with E-state index in [1.54, 1.807) is 6.92 Å². The topological polar surface area (TPSA) is 62.4 Å². The molecule has 138 valence electrons. The van der Waals surface area contributed by atoms with Crippen LogP contribution < -0.4 is 20.9 Å². The van der Waals surface area contributed by atoms with Crippen molar-refractivity contribution in [3.8, 4) is 5.75 Å². The van der Waals surface area contributed by atoms with Gasteiger partial charge in [0.25, 0.3) is 5.91 Å². The van der Waals surface area contributed by atoms with Crippen LogP contribution in [0, 0.1) is 27.7 Å². The molecule has 5 nitrogen and oxygen atoms in total. The lowest BCUT2D eigenvalue weighted by atomic mass is 10.1. The lowest BCUT2D eigenvalue weighted by Gasteiger charge is -2.18. The third-order valence-corrected chi connectivity index (χ3v) is 4.58. The molecule has 2 rings (SSSR count). The van der Waals surface area contributed by atoms with E-state index in [1.165, 1.54) is 0 Å². The standard InChI is InChI=1S/C20H25N3O2S/c1-12-8-6-10-17(14(12)3)21-20(26)23-22-19(24)16(5)25-18-11-7-9-13(2)15(18)4/h6-11,16H,1-5H3,(H,22,24)(H2,21,23,26)/t16-/m0/s1. The lowest BCUT2D eigenvalue weighted by Crippen LogP contribution is -2.48. The van der Waals surface area contributed by atoms with E-state index in [0.29, 0.717) is 10.9 Å². The van der Waals surface area contributed by atoms with Gasteiger partial charge < -0.3 is 10.1 Å². The zero-order valence-electron chi connectivity index (χ0n) is 15.8. The van der Waals surface area contributed by atoms with Crippen LogP contribution in [0.4, 0.5) is 5.69 Å². The van der Waals surface area contributed by atoms with Gasteiger partial charge in [-0.2, -0.15) is 0 Å². The van der Waals surface area contributed by atoms with Gasteiger partial charge in [0.1, 0.15) is 5.75 Å². The number of hydrogen-bond acceptors (Lipinski definition) is 3. The highest BCUT2D eigenvalue weighted by molar-refractivity contribution is 7.80. The molecule has 6 heteroatoms. The molecule has 2 aromatic rings. The first-order chi connectivity index (χ1) is 12.3. The first kappa shape index (κ1) is 19.7. The molecular weight excluding hydrogens is 346 g/mol. The van der Waals surface area contributed by atoms with Crippen LogP contribution in [0.2, 0.25) is 0 Å². The summed E-state index contributed by atoms with van der Waals surface area (Å²) in [6, 6.07) is 11.7. The average Bonchev–Trinajstić information content (AvgIpc) is 2.60. The number of carbonyl (C=O) groups is 1. The average molecular weight is 372 g/mol. The molecule has 0 fully saturated rings. The highest BCUT2D eigenvalue weighted by atomic mass is 32.1. The fourth-order valence-electron chi connectivity index (χ4n) is 2.36. The number of hydrogen-bond donors (Lipinski definition) is 3. The fourth-order valence-corrected chi connectivity index (χ4v) is 2.52. The lowest BCUT2D eigenvalue weighted by molar-refractivity contribution is -0.127. The second kappa shape index (κ2) is 8.67. The van der Waals surface area contributed by atoms with E-state index in [2.05, 4.69) is 16.2 Å². The molecule has 0 bridgehead atoms. The van der Waals surface area contributed by atoms with Crippen molar-refractivity contribution >= 4 is 28.9 Å². The molecule has 0 heterocycles. The van der Waals surface area contributed by atoms with Crippen LogP contribution in [0.15, 0.2) is 36.4 Å². The van der Waals surface area contributed by atoms with E-state index < -0.39 is 6.10 Å². The molecule has 1 amide bonds. The summed E-state index contributed by atoms with van der Waals surface area (Å²) in [6.07, 6.45) is -0.661. The van der Waals surface area contributed by atoms with Gasteiger partial charge in [0, 0.05) is 5.69 Å². The summed E-state index contributed by atoms with van der Waals surface area (Å²) in [5.41, 5.74) is 10.6. The molecule has 0 aliphatic heterocycles. The number of amides is 1. The van der Waals surface area contributed by atoms with Crippen molar-refractivity contribution in [2.45, 2.75) is 40.7 Å². The highest BCUT2D eigenvalue weighted by Crippen LogP contribution is 2.21. The largest absolute Gasteiger partial charge is 0.481 e. The number of ether oxygens (including phenoxy) is 1. The Hall–Kier alpha value is -2.60. The van der Waals surface area contributed by atoms with Gasteiger partial charge in [0.05, 0.1) is 0 Å². The Balaban J connectivity index is 1.88. The van der Waals surface area contributed by atoms with Crippen molar-refractivity contribution in [2.75, 3.05) is 5.32 Å². The predicted octanol–water partition coefficient (Wildman–Crippen LogP) is 3.71. The zero-order valence-corrected chi connectivity index (χ0v) is 16.6. The molecule has 0 aliphatic rings. The van der Waals surface area contributed by atoms with Gasteiger partial charge in [-0.3, -0.25) is 15.6 Å². The van der Waals surface area contributed by atoms with Crippen LogP contribution in [0.5, 0.6) is 5.75 Å². The SMILES string of the molecule is Cc1cccc(NC(=S)NNC(=O)[C@H](C)Oc2cccc(C)c2C)c1C. The Morgan fingerprint density at radius 3 is 2.27 bits per heavy atom. The minimum Gasteiger partial charge on any atom is -0.481 e. The number of nitrogens with one attached hydrogen (secondary N) is 3. The third-order valence-electron chi connectivity index (χ3n) is 4.38. The van der Waals surface area contributed by atoms with Crippen molar-refractivity contribution in [3.05, 3.63) is 58.7 Å². The maximum atomic E-state index is 12.2. The van der Waals surface area contributed by atoms with E-state index in [0.717, 1.165) is 27.9 Å². The van der Waals surface area contributed by atoms with Crippen molar-refractivity contribution in [3.63, 3.8) is 0 Å². The van der Waals surface area contributed by atoms with Crippen molar-refractivity contribution in [1.82, 2.24) is 10.9 Å². The van der Waals surface area contributed by atoms with Crippen LogP contribution in [-0.2, 0) is 4.79 Å². The number of aryl methyl sites for hydroxylation is 2. The normalized spacial score (nSPS) is 11.4.